The predicted octanol–water partition coefficient (Wildman–Crippen LogP) is 3.46. The lowest BCUT2D eigenvalue weighted by molar-refractivity contribution is -0.114. The summed E-state index contributed by atoms with van der Waals surface area (Å²) in [4.78, 5) is 12.1. The van der Waals surface area contributed by atoms with Crippen LogP contribution in [0.3, 0.4) is 0 Å². The summed E-state index contributed by atoms with van der Waals surface area (Å²) in [5.41, 5.74) is 0.455. The summed E-state index contributed by atoms with van der Waals surface area (Å²) >= 11 is 11.8. The van der Waals surface area contributed by atoms with E-state index >= 15 is 0 Å². The van der Waals surface area contributed by atoms with E-state index in [0.29, 0.717) is 21.4 Å². The third-order valence-corrected chi connectivity index (χ3v) is 5.59. The number of anilines is 1. The van der Waals surface area contributed by atoms with Gasteiger partial charge in [0.15, 0.2) is 9.84 Å². The fourth-order valence-corrected chi connectivity index (χ4v) is 3.92. The Morgan fingerprint density at radius 2 is 1.75 bits per heavy atom. The van der Waals surface area contributed by atoms with Gasteiger partial charge in [0, 0.05) is 15.6 Å². The predicted molar refractivity (Wildman–Crippen MR) is 103 cm³/mol. The Morgan fingerprint density at radius 1 is 1.11 bits per heavy atom. The molecule has 11 heteroatoms. The van der Waals surface area contributed by atoms with Crippen molar-refractivity contribution in [2.45, 2.75) is 4.90 Å². The standard InChI is InChI=1S/C17H13Cl2N3O5S/c1-26-13-2-4-14(5-3-13)28(24,25)9-15(23)20-17-22-21-16(27-17)10-6-11(18)8-12(19)7-10/h2-8H,9H2,1H3,(H,20,22,23). The maximum absolute atomic E-state index is 12.3. The number of hydrogen-bond donors (Lipinski definition) is 1. The summed E-state index contributed by atoms with van der Waals surface area (Å²) in [7, 11) is -2.39. The minimum Gasteiger partial charge on any atom is -0.497 e. The molecular weight excluding hydrogens is 429 g/mol. The summed E-state index contributed by atoms with van der Waals surface area (Å²) in [6, 6.07) is 10.1. The van der Waals surface area contributed by atoms with Crippen LogP contribution < -0.4 is 10.1 Å². The molecule has 1 amide bonds. The maximum atomic E-state index is 12.3. The number of benzene rings is 2. The zero-order valence-electron chi connectivity index (χ0n) is 14.3. The fourth-order valence-electron chi connectivity index (χ4n) is 2.26. The lowest BCUT2D eigenvalue weighted by Gasteiger charge is -2.05. The molecule has 1 N–H and O–H groups in total. The summed E-state index contributed by atoms with van der Waals surface area (Å²) < 4.78 is 35.0. The monoisotopic (exact) mass is 441 g/mol. The van der Waals surface area contributed by atoms with Crippen molar-refractivity contribution in [3.8, 4) is 17.2 Å². The second-order valence-corrected chi connectivity index (χ2v) is 8.42. The van der Waals surface area contributed by atoms with Crippen molar-refractivity contribution in [2.75, 3.05) is 18.2 Å². The number of carbonyl (C=O) groups is 1. The molecule has 3 aromatic rings. The van der Waals surface area contributed by atoms with E-state index in [1.54, 1.807) is 12.1 Å². The summed E-state index contributed by atoms with van der Waals surface area (Å²) in [6.07, 6.45) is 0. The molecule has 0 aliphatic carbocycles. The number of halogens is 2. The number of ether oxygens (including phenoxy) is 1. The minimum atomic E-state index is -3.85. The van der Waals surface area contributed by atoms with Gasteiger partial charge in [-0.2, -0.15) is 0 Å². The second-order valence-electron chi connectivity index (χ2n) is 5.55. The molecule has 3 rings (SSSR count). The number of methoxy groups -OCH3 is 1. The molecule has 0 unspecified atom stereocenters. The van der Waals surface area contributed by atoms with Crippen molar-refractivity contribution in [3.63, 3.8) is 0 Å². The SMILES string of the molecule is COc1ccc(S(=O)(=O)CC(=O)Nc2nnc(-c3cc(Cl)cc(Cl)c3)o2)cc1. The van der Waals surface area contributed by atoms with E-state index < -0.39 is 21.5 Å². The molecule has 0 saturated carbocycles. The largest absolute Gasteiger partial charge is 0.497 e. The maximum Gasteiger partial charge on any atom is 0.322 e. The van der Waals surface area contributed by atoms with E-state index in [9.17, 15) is 13.2 Å². The Labute approximate surface area is 170 Å². The van der Waals surface area contributed by atoms with Gasteiger partial charge in [-0.1, -0.05) is 28.3 Å². The summed E-state index contributed by atoms with van der Waals surface area (Å²) in [5.74, 6) is -1.05. The summed E-state index contributed by atoms with van der Waals surface area (Å²) in [5, 5.41) is 10.5. The van der Waals surface area contributed by atoms with Gasteiger partial charge in [0.25, 0.3) is 0 Å². The molecule has 1 aromatic heterocycles. The molecule has 0 aliphatic rings. The molecule has 0 radical (unpaired) electrons. The third kappa shape index (κ3) is 4.80. The van der Waals surface area contributed by atoms with Gasteiger partial charge in [-0.15, -0.1) is 5.10 Å². The lowest BCUT2D eigenvalue weighted by atomic mass is 10.2. The molecule has 0 saturated heterocycles. The van der Waals surface area contributed by atoms with Gasteiger partial charge in [0.05, 0.1) is 12.0 Å². The molecule has 0 bridgehead atoms. The van der Waals surface area contributed by atoms with Gasteiger partial charge in [-0.05, 0) is 42.5 Å². The Morgan fingerprint density at radius 3 is 2.36 bits per heavy atom. The van der Waals surface area contributed by atoms with Gasteiger partial charge in [0.2, 0.25) is 11.8 Å². The van der Waals surface area contributed by atoms with Gasteiger partial charge in [-0.25, -0.2) is 8.42 Å². The average molecular weight is 442 g/mol. The fraction of sp³-hybridized carbons (Fsp3) is 0.118. The van der Waals surface area contributed by atoms with Crippen LogP contribution in [0.2, 0.25) is 10.0 Å². The Kier molecular flexibility index (Phi) is 5.87. The number of nitrogens with one attached hydrogen (secondary N) is 1. The van der Waals surface area contributed by atoms with Crippen LogP contribution in [0.1, 0.15) is 0 Å². The van der Waals surface area contributed by atoms with E-state index in [2.05, 4.69) is 15.5 Å². The number of rotatable bonds is 6. The van der Waals surface area contributed by atoms with Crippen LogP contribution in [-0.4, -0.2) is 37.4 Å². The van der Waals surface area contributed by atoms with Crippen LogP contribution in [0.25, 0.3) is 11.5 Å². The van der Waals surface area contributed by atoms with Crippen molar-refractivity contribution < 1.29 is 22.4 Å². The lowest BCUT2D eigenvalue weighted by Crippen LogP contribution is -2.23. The summed E-state index contributed by atoms with van der Waals surface area (Å²) in [6.45, 7) is 0. The van der Waals surface area contributed by atoms with Crippen LogP contribution >= 0.6 is 23.2 Å². The molecule has 8 nitrogen and oxygen atoms in total. The molecule has 2 aromatic carbocycles. The first-order valence-corrected chi connectivity index (χ1v) is 10.1. The van der Waals surface area contributed by atoms with Gasteiger partial charge >= 0.3 is 6.01 Å². The van der Waals surface area contributed by atoms with E-state index in [0.717, 1.165) is 0 Å². The molecule has 0 aliphatic heterocycles. The third-order valence-electron chi connectivity index (χ3n) is 3.52. The molecule has 0 fully saturated rings. The number of aromatic nitrogens is 2. The smallest absolute Gasteiger partial charge is 0.322 e. The van der Waals surface area contributed by atoms with Crippen LogP contribution in [0.4, 0.5) is 6.01 Å². The zero-order chi connectivity index (χ0) is 20.3. The Hall–Kier alpha value is -2.62. The Balaban J connectivity index is 1.70. The van der Waals surface area contributed by atoms with Crippen molar-refractivity contribution in [1.29, 1.82) is 0 Å². The molecule has 1 heterocycles. The van der Waals surface area contributed by atoms with E-state index in [-0.39, 0.29) is 16.8 Å². The first kappa shape index (κ1) is 20.1. The average Bonchev–Trinajstić information content (AvgIpc) is 3.09. The number of sulfone groups is 1. The first-order chi connectivity index (χ1) is 13.3. The van der Waals surface area contributed by atoms with Crippen molar-refractivity contribution in [3.05, 3.63) is 52.5 Å². The van der Waals surface area contributed by atoms with Crippen LogP contribution in [0.15, 0.2) is 51.8 Å². The molecule has 146 valence electrons. The van der Waals surface area contributed by atoms with Crippen molar-refractivity contribution in [2.24, 2.45) is 0 Å². The second kappa shape index (κ2) is 8.17. The van der Waals surface area contributed by atoms with Gasteiger partial charge in [-0.3, -0.25) is 10.1 Å². The zero-order valence-corrected chi connectivity index (χ0v) is 16.7. The number of hydrogen-bond acceptors (Lipinski definition) is 7. The molecule has 28 heavy (non-hydrogen) atoms. The van der Waals surface area contributed by atoms with E-state index in [1.807, 2.05) is 0 Å². The highest BCUT2D eigenvalue weighted by Gasteiger charge is 2.21. The first-order valence-electron chi connectivity index (χ1n) is 7.73. The van der Waals surface area contributed by atoms with Crippen LogP contribution in [0.5, 0.6) is 5.75 Å². The van der Waals surface area contributed by atoms with Crippen LogP contribution in [0, 0.1) is 0 Å². The van der Waals surface area contributed by atoms with Gasteiger partial charge < -0.3 is 9.15 Å². The molecule has 0 spiro atoms. The molecular formula is C17H13Cl2N3O5S. The van der Waals surface area contributed by atoms with Crippen molar-refractivity contribution in [1.82, 2.24) is 10.2 Å². The minimum absolute atomic E-state index is 0.0109. The highest BCUT2D eigenvalue weighted by Crippen LogP contribution is 2.27. The van der Waals surface area contributed by atoms with Gasteiger partial charge in [0.1, 0.15) is 11.5 Å². The number of nitrogens with zero attached hydrogens (tertiary/aromatic N) is 2. The number of amides is 1. The van der Waals surface area contributed by atoms with E-state index in [1.165, 1.54) is 37.4 Å². The highest BCUT2D eigenvalue weighted by atomic mass is 35.5. The topological polar surface area (TPSA) is 111 Å². The number of carbonyl (C=O) groups excluding carboxylic acids is 1. The normalized spacial score (nSPS) is 11.2. The van der Waals surface area contributed by atoms with E-state index in [4.69, 9.17) is 32.4 Å². The van der Waals surface area contributed by atoms with Crippen molar-refractivity contribution >= 4 is 45.0 Å². The van der Waals surface area contributed by atoms with Crippen LogP contribution in [-0.2, 0) is 14.6 Å². The Bertz CT molecular complexity index is 1090. The molecule has 0 atom stereocenters. The quantitative estimate of drug-likeness (QED) is 0.622. The highest BCUT2D eigenvalue weighted by molar-refractivity contribution is 7.92.